The van der Waals surface area contributed by atoms with Crippen molar-refractivity contribution in [2.45, 2.75) is 128 Å². The van der Waals surface area contributed by atoms with E-state index < -0.39 is 133 Å². The molecule has 1 aliphatic heterocycles. The molecule has 10 atom stereocenters. The molecular weight excluding hydrogens is 839 g/mol. The Balaban J connectivity index is 2.88. The first kappa shape index (κ1) is 54.9. The zero-order valence-electron chi connectivity index (χ0n) is 35.7. The molecule has 0 radical (unpaired) electrons. The lowest BCUT2D eigenvalue weighted by atomic mass is 9.97. The number of carbonyl (C=O) groups is 10. The molecule has 0 unspecified atom stereocenters. The Labute approximate surface area is 365 Å². The van der Waals surface area contributed by atoms with Crippen molar-refractivity contribution in [2.24, 2.45) is 11.7 Å². The van der Waals surface area contributed by atoms with E-state index in [4.69, 9.17) is 10.8 Å². The minimum absolute atomic E-state index is 0.0434. The second kappa shape index (κ2) is 28.5. The van der Waals surface area contributed by atoms with Gasteiger partial charge in [-0.05, 0) is 71.9 Å². The van der Waals surface area contributed by atoms with Crippen LogP contribution in [0.1, 0.15) is 73.1 Å². The van der Waals surface area contributed by atoms with Crippen LogP contribution in [0.3, 0.4) is 0 Å². The maximum Gasteiger partial charge on any atom is 0.328 e. The smallest absolute Gasteiger partial charge is 0.328 e. The first-order chi connectivity index (χ1) is 29.2. The summed E-state index contributed by atoms with van der Waals surface area (Å²) in [5, 5.41) is 53.0. The number of carboxylic acid groups (broad SMARTS) is 1. The molecule has 15 N–H and O–H groups in total. The van der Waals surface area contributed by atoms with Crippen LogP contribution < -0.4 is 58.9 Å². The minimum Gasteiger partial charge on any atom is -0.480 e. The van der Waals surface area contributed by atoms with Crippen LogP contribution in [0.4, 0.5) is 0 Å². The number of aliphatic hydroxyl groups is 2. The van der Waals surface area contributed by atoms with E-state index in [1.807, 2.05) is 0 Å². The van der Waals surface area contributed by atoms with E-state index in [2.05, 4.69) is 65.8 Å². The third-order valence-corrected chi connectivity index (χ3v) is 10.2. The van der Waals surface area contributed by atoms with Gasteiger partial charge in [-0.25, -0.2) is 4.79 Å². The first-order valence-corrected chi connectivity index (χ1v) is 21.1. The SMILES string of the molecule is CC[C@H](C)[C@H](NC(=O)[C@H](CO)NC(=O)[C@H](C)NC(=O)[C@H](C)NC(=O)CNC(=O)[C@H](C)NC(=O)[C@@H]1CCCN1)C(=O)N[C@@H](CCCCN)C(=O)N[C@@H](CS)C(=O)N[C@@H](CO)C(=O)O. The van der Waals surface area contributed by atoms with Crippen molar-refractivity contribution in [2.75, 3.05) is 38.6 Å². The van der Waals surface area contributed by atoms with Crippen molar-refractivity contribution >= 4 is 71.8 Å². The maximum atomic E-state index is 13.7. The summed E-state index contributed by atoms with van der Waals surface area (Å²) in [6.07, 6.45) is 2.68. The van der Waals surface area contributed by atoms with Crippen molar-refractivity contribution in [1.82, 2.24) is 53.2 Å². The summed E-state index contributed by atoms with van der Waals surface area (Å²) in [5.74, 6) is -9.38. The average molecular weight is 904 g/mol. The number of carbonyl (C=O) groups excluding carboxylic acids is 9. The summed E-state index contributed by atoms with van der Waals surface area (Å²) >= 11 is 4.06. The Kier molecular flexibility index (Phi) is 25.2. The number of thiol groups is 1. The predicted octanol–water partition coefficient (Wildman–Crippen LogP) is -6.03. The highest BCUT2D eigenvalue weighted by Gasteiger charge is 2.34. The number of unbranched alkanes of at least 4 members (excludes halogenated alkanes) is 1. The summed E-state index contributed by atoms with van der Waals surface area (Å²) in [5.41, 5.74) is 5.60. The average Bonchev–Trinajstić information content (AvgIpc) is 3.79. The van der Waals surface area contributed by atoms with Crippen LogP contribution in [0.2, 0.25) is 0 Å². The Morgan fingerprint density at radius 2 is 1.19 bits per heavy atom. The summed E-state index contributed by atoms with van der Waals surface area (Å²) in [6, 6.07) is -11.0. The number of aliphatic carboxylic acids is 1. The van der Waals surface area contributed by atoms with Gasteiger partial charge >= 0.3 is 5.97 Å². The summed E-state index contributed by atoms with van der Waals surface area (Å²) in [4.78, 5) is 127. The van der Waals surface area contributed by atoms with Crippen LogP contribution in [0.25, 0.3) is 0 Å². The van der Waals surface area contributed by atoms with Gasteiger partial charge in [-0.15, -0.1) is 0 Å². The Hall–Kier alpha value is -5.11. The number of nitrogens with two attached hydrogens (primary N) is 1. The zero-order chi connectivity index (χ0) is 47.1. The molecule has 1 heterocycles. The van der Waals surface area contributed by atoms with Crippen LogP contribution in [0.5, 0.6) is 0 Å². The van der Waals surface area contributed by atoms with Gasteiger partial charge in [0, 0.05) is 5.75 Å². The van der Waals surface area contributed by atoms with Crippen LogP contribution >= 0.6 is 12.6 Å². The zero-order valence-corrected chi connectivity index (χ0v) is 36.6. The van der Waals surface area contributed by atoms with Gasteiger partial charge in [0.05, 0.1) is 25.8 Å². The summed E-state index contributed by atoms with van der Waals surface area (Å²) in [6.45, 7) is 6.00. The Morgan fingerprint density at radius 1 is 0.661 bits per heavy atom. The normalized spacial score (nSPS) is 17.7. The van der Waals surface area contributed by atoms with E-state index in [1.165, 1.54) is 20.8 Å². The van der Waals surface area contributed by atoms with E-state index in [0.717, 1.165) is 6.42 Å². The van der Waals surface area contributed by atoms with Crippen LogP contribution in [-0.2, 0) is 47.9 Å². The fraction of sp³-hybridized carbons (Fsp3) is 0.730. The Bertz CT molecular complexity index is 1570. The van der Waals surface area contributed by atoms with Crippen molar-refractivity contribution in [3.8, 4) is 0 Å². The fourth-order valence-electron chi connectivity index (χ4n) is 5.76. The van der Waals surface area contributed by atoms with E-state index in [0.29, 0.717) is 32.2 Å². The highest BCUT2D eigenvalue weighted by Crippen LogP contribution is 2.11. The van der Waals surface area contributed by atoms with Crippen molar-refractivity contribution < 1.29 is 63.3 Å². The molecule has 352 valence electrons. The molecule has 1 fully saturated rings. The van der Waals surface area contributed by atoms with E-state index in [-0.39, 0.29) is 24.6 Å². The lowest BCUT2D eigenvalue weighted by Gasteiger charge is -2.29. The first-order valence-electron chi connectivity index (χ1n) is 20.4. The molecule has 0 aromatic heterocycles. The molecule has 25 heteroatoms. The molecule has 9 amide bonds. The number of amides is 9. The standard InChI is InChI=1S/C37H65N11O13S/c1-6-18(2)28(36(59)44-23(10-7-8-12-38)33(56)47-26(17-62)35(58)46-25(16-50)37(60)61)48-34(57)24(15-49)45-31(54)21(5)42-30(53)20(4)41-27(51)14-40-29(52)19(3)43-32(55)22-11-9-13-39-22/h18-26,28,39,49-50,62H,6-17,38H2,1-5H3,(H,40,52)(H,41,51)(H,42,53)(H,43,55)(H,44,59)(H,45,54)(H,46,58)(H,47,56)(H,48,57)(H,60,61)/t18-,19-,20-,21-,22-,23-,24-,25-,26-,28-/m0/s1. The maximum absolute atomic E-state index is 13.7. The lowest BCUT2D eigenvalue weighted by molar-refractivity contribution is -0.143. The van der Waals surface area contributed by atoms with Crippen molar-refractivity contribution in [1.29, 1.82) is 0 Å². The van der Waals surface area contributed by atoms with E-state index in [9.17, 15) is 58.2 Å². The predicted molar refractivity (Wildman–Crippen MR) is 225 cm³/mol. The van der Waals surface area contributed by atoms with Gasteiger partial charge in [0.15, 0.2) is 0 Å². The Morgan fingerprint density at radius 3 is 1.74 bits per heavy atom. The topological polar surface area (TPSA) is 378 Å². The van der Waals surface area contributed by atoms with Gasteiger partial charge in [-0.1, -0.05) is 20.3 Å². The number of nitrogens with one attached hydrogen (secondary N) is 10. The van der Waals surface area contributed by atoms with Crippen LogP contribution in [-0.4, -0.2) is 167 Å². The number of aliphatic hydroxyl groups excluding tert-OH is 2. The molecule has 1 saturated heterocycles. The van der Waals surface area contributed by atoms with E-state index in [1.54, 1.807) is 13.8 Å². The second-order valence-corrected chi connectivity index (χ2v) is 15.3. The fourth-order valence-corrected chi connectivity index (χ4v) is 6.02. The van der Waals surface area contributed by atoms with Crippen molar-refractivity contribution in [3.05, 3.63) is 0 Å². The molecule has 0 aliphatic carbocycles. The summed E-state index contributed by atoms with van der Waals surface area (Å²) in [7, 11) is 0. The number of hydrogen-bond donors (Lipinski definition) is 15. The van der Waals surface area contributed by atoms with Crippen molar-refractivity contribution in [3.63, 3.8) is 0 Å². The quantitative estimate of drug-likeness (QED) is 0.0257. The van der Waals surface area contributed by atoms with E-state index >= 15 is 0 Å². The van der Waals surface area contributed by atoms with Crippen LogP contribution in [0.15, 0.2) is 0 Å². The van der Waals surface area contributed by atoms with Gasteiger partial charge in [0.25, 0.3) is 0 Å². The monoisotopic (exact) mass is 903 g/mol. The molecule has 1 rings (SSSR count). The molecule has 0 saturated carbocycles. The molecule has 0 aromatic rings. The largest absolute Gasteiger partial charge is 0.480 e. The number of rotatable bonds is 28. The molecule has 0 aromatic carbocycles. The third-order valence-electron chi connectivity index (χ3n) is 9.88. The van der Waals surface area contributed by atoms with Gasteiger partial charge in [-0.3, -0.25) is 43.2 Å². The molecule has 1 aliphatic rings. The summed E-state index contributed by atoms with van der Waals surface area (Å²) < 4.78 is 0. The highest BCUT2D eigenvalue weighted by atomic mass is 32.1. The van der Waals surface area contributed by atoms with Gasteiger partial charge in [-0.2, -0.15) is 12.6 Å². The second-order valence-electron chi connectivity index (χ2n) is 14.9. The molecule has 0 bridgehead atoms. The molecule has 0 spiro atoms. The van der Waals surface area contributed by atoms with Crippen LogP contribution in [0, 0.1) is 5.92 Å². The molecular formula is C37H65N11O13S. The minimum atomic E-state index is -1.65. The lowest BCUT2D eigenvalue weighted by Crippen LogP contribution is -2.61. The molecule has 24 nitrogen and oxygen atoms in total. The number of hydrogen-bond acceptors (Lipinski definition) is 15. The third kappa shape index (κ3) is 18.9. The number of carboxylic acids is 1. The highest BCUT2D eigenvalue weighted by molar-refractivity contribution is 7.80. The van der Waals surface area contributed by atoms with Gasteiger partial charge < -0.3 is 74.2 Å². The van der Waals surface area contributed by atoms with Gasteiger partial charge in [0.2, 0.25) is 53.2 Å². The van der Waals surface area contributed by atoms with Gasteiger partial charge in [0.1, 0.15) is 48.3 Å². The molecule has 62 heavy (non-hydrogen) atoms.